The topological polar surface area (TPSA) is 66.1 Å². The molecule has 3 rings (SSSR count). The van der Waals surface area contributed by atoms with Crippen LogP contribution in [-0.4, -0.2) is 35.8 Å². The third kappa shape index (κ3) is 1.10. The molecule has 1 N–H and O–H groups in total. The molecule has 1 saturated carbocycles. The summed E-state index contributed by atoms with van der Waals surface area (Å²) in [4.78, 5) is 6.43. The fourth-order valence-electron chi connectivity index (χ4n) is 2.07. The number of piperidine rings is 1. The smallest absolute Gasteiger partial charge is 0.276 e. The van der Waals surface area contributed by atoms with Crippen molar-refractivity contribution >= 4 is 10.0 Å². The molecule has 0 spiro atoms. The van der Waals surface area contributed by atoms with E-state index in [0.717, 1.165) is 0 Å². The SMILES string of the molecule is O=S(=O)(c1ncc[nH]1)N1CC2CC2C1. The van der Waals surface area contributed by atoms with E-state index in [2.05, 4.69) is 9.97 Å². The Morgan fingerprint density at radius 1 is 1.43 bits per heavy atom. The predicted molar refractivity (Wildman–Crippen MR) is 48.9 cm³/mol. The summed E-state index contributed by atoms with van der Waals surface area (Å²) in [6.45, 7) is 1.35. The van der Waals surface area contributed by atoms with Crippen LogP contribution in [0, 0.1) is 11.8 Å². The standard InChI is InChI=1S/C8H11N3O2S/c12-14(13,8-9-1-2-10-8)11-4-6-3-7(6)5-11/h1-2,6-7H,3-5H2,(H,9,10). The first-order chi connectivity index (χ1) is 6.68. The Bertz CT molecular complexity index is 429. The van der Waals surface area contributed by atoms with Gasteiger partial charge >= 0.3 is 0 Å². The summed E-state index contributed by atoms with van der Waals surface area (Å²) in [6, 6.07) is 0. The highest BCUT2D eigenvalue weighted by Crippen LogP contribution is 2.46. The van der Waals surface area contributed by atoms with Crippen molar-refractivity contribution in [2.45, 2.75) is 11.6 Å². The minimum atomic E-state index is -3.33. The molecule has 1 aromatic heterocycles. The Hall–Kier alpha value is -0.880. The van der Waals surface area contributed by atoms with E-state index in [4.69, 9.17) is 0 Å². The summed E-state index contributed by atoms with van der Waals surface area (Å²) in [7, 11) is -3.33. The Morgan fingerprint density at radius 3 is 2.71 bits per heavy atom. The van der Waals surface area contributed by atoms with Gasteiger partial charge in [0.1, 0.15) is 0 Å². The third-order valence-corrected chi connectivity index (χ3v) is 4.69. The zero-order valence-electron chi connectivity index (χ0n) is 7.55. The van der Waals surface area contributed by atoms with Gasteiger partial charge in [-0.05, 0) is 18.3 Å². The Labute approximate surface area is 82.2 Å². The molecule has 2 atom stereocenters. The van der Waals surface area contributed by atoms with Crippen LogP contribution in [-0.2, 0) is 10.0 Å². The lowest BCUT2D eigenvalue weighted by Crippen LogP contribution is -2.31. The van der Waals surface area contributed by atoms with Gasteiger partial charge in [-0.15, -0.1) is 0 Å². The van der Waals surface area contributed by atoms with E-state index >= 15 is 0 Å². The molecule has 1 aliphatic carbocycles. The molecule has 2 fully saturated rings. The number of nitrogens with zero attached hydrogens (tertiary/aromatic N) is 2. The molecule has 0 bridgehead atoms. The van der Waals surface area contributed by atoms with Gasteiger partial charge in [0.15, 0.2) is 0 Å². The van der Waals surface area contributed by atoms with Crippen LogP contribution in [0.3, 0.4) is 0 Å². The number of rotatable bonds is 2. The second-order valence-corrected chi connectivity index (χ2v) is 5.83. The molecule has 1 aromatic rings. The summed E-state index contributed by atoms with van der Waals surface area (Å²) < 4.78 is 25.3. The van der Waals surface area contributed by atoms with Crippen LogP contribution in [0.2, 0.25) is 0 Å². The number of aromatic nitrogens is 2. The average Bonchev–Trinajstić information content (AvgIpc) is 2.67. The van der Waals surface area contributed by atoms with Gasteiger partial charge in [-0.3, -0.25) is 0 Å². The lowest BCUT2D eigenvalue weighted by atomic mass is 10.4. The van der Waals surface area contributed by atoms with Gasteiger partial charge in [0, 0.05) is 25.5 Å². The van der Waals surface area contributed by atoms with E-state index in [1.807, 2.05) is 0 Å². The van der Waals surface area contributed by atoms with E-state index in [9.17, 15) is 8.42 Å². The minimum Gasteiger partial charge on any atom is -0.334 e. The predicted octanol–water partition coefficient (Wildman–Crippen LogP) is 0.0501. The molecule has 0 radical (unpaired) electrons. The molecule has 2 unspecified atom stereocenters. The molecule has 14 heavy (non-hydrogen) atoms. The van der Waals surface area contributed by atoms with E-state index in [1.165, 1.54) is 23.1 Å². The van der Waals surface area contributed by atoms with E-state index in [1.54, 1.807) is 0 Å². The second-order valence-electron chi connectivity index (χ2n) is 3.97. The zero-order chi connectivity index (χ0) is 9.76. The Balaban J connectivity index is 1.90. The number of nitrogens with one attached hydrogen (secondary N) is 1. The van der Waals surface area contributed by atoms with E-state index in [0.29, 0.717) is 24.9 Å². The van der Waals surface area contributed by atoms with E-state index < -0.39 is 10.0 Å². The van der Waals surface area contributed by atoms with Crippen LogP contribution < -0.4 is 0 Å². The van der Waals surface area contributed by atoms with Gasteiger partial charge in [0.25, 0.3) is 10.0 Å². The lowest BCUT2D eigenvalue weighted by molar-refractivity contribution is 0.438. The van der Waals surface area contributed by atoms with Crippen LogP contribution in [0.4, 0.5) is 0 Å². The molecule has 2 heterocycles. The molecule has 5 nitrogen and oxygen atoms in total. The Morgan fingerprint density at radius 2 is 2.14 bits per heavy atom. The molecule has 6 heteroatoms. The molecule has 1 aliphatic heterocycles. The first-order valence-electron chi connectivity index (χ1n) is 4.67. The first kappa shape index (κ1) is 8.43. The highest BCUT2D eigenvalue weighted by Gasteiger charge is 2.49. The maximum absolute atomic E-state index is 11.9. The monoisotopic (exact) mass is 213 g/mol. The molecular formula is C8H11N3O2S. The van der Waals surface area contributed by atoms with Crippen LogP contribution in [0.25, 0.3) is 0 Å². The van der Waals surface area contributed by atoms with Gasteiger partial charge in [-0.25, -0.2) is 13.4 Å². The summed E-state index contributed by atoms with van der Waals surface area (Å²) in [6.07, 6.45) is 4.19. The highest BCUT2D eigenvalue weighted by atomic mass is 32.2. The van der Waals surface area contributed by atoms with Crippen LogP contribution in [0.1, 0.15) is 6.42 Å². The van der Waals surface area contributed by atoms with Gasteiger partial charge in [0.2, 0.25) is 5.16 Å². The number of hydrogen-bond acceptors (Lipinski definition) is 3. The van der Waals surface area contributed by atoms with Crippen molar-refractivity contribution < 1.29 is 8.42 Å². The van der Waals surface area contributed by atoms with Gasteiger partial charge in [-0.1, -0.05) is 0 Å². The molecule has 2 aliphatic rings. The van der Waals surface area contributed by atoms with Crippen molar-refractivity contribution in [1.29, 1.82) is 0 Å². The normalized spacial score (nSPS) is 31.7. The largest absolute Gasteiger partial charge is 0.334 e. The fourth-order valence-corrected chi connectivity index (χ4v) is 3.50. The van der Waals surface area contributed by atoms with Crippen molar-refractivity contribution in [1.82, 2.24) is 14.3 Å². The van der Waals surface area contributed by atoms with Gasteiger partial charge in [-0.2, -0.15) is 4.31 Å². The molecule has 1 saturated heterocycles. The van der Waals surface area contributed by atoms with Crippen molar-refractivity contribution in [2.24, 2.45) is 11.8 Å². The molecule has 0 amide bonds. The number of imidazole rings is 1. The number of fused-ring (bicyclic) bond motifs is 1. The van der Waals surface area contributed by atoms with Crippen LogP contribution in [0.5, 0.6) is 0 Å². The zero-order valence-corrected chi connectivity index (χ0v) is 8.37. The van der Waals surface area contributed by atoms with Crippen LogP contribution >= 0.6 is 0 Å². The summed E-state index contributed by atoms with van der Waals surface area (Å²) >= 11 is 0. The molecule has 0 aromatic carbocycles. The van der Waals surface area contributed by atoms with Crippen LogP contribution in [0.15, 0.2) is 17.6 Å². The quantitative estimate of drug-likeness (QED) is 0.755. The Kier molecular flexibility index (Phi) is 1.55. The molecule has 76 valence electrons. The van der Waals surface area contributed by atoms with Crippen molar-refractivity contribution in [2.75, 3.05) is 13.1 Å². The number of hydrogen-bond donors (Lipinski definition) is 1. The first-order valence-corrected chi connectivity index (χ1v) is 6.11. The maximum atomic E-state index is 11.9. The van der Waals surface area contributed by atoms with Gasteiger partial charge in [0.05, 0.1) is 0 Å². The second kappa shape index (κ2) is 2.58. The third-order valence-electron chi connectivity index (χ3n) is 3.00. The number of aromatic amines is 1. The highest BCUT2D eigenvalue weighted by molar-refractivity contribution is 7.89. The summed E-state index contributed by atoms with van der Waals surface area (Å²) in [5, 5.41) is 0.0683. The van der Waals surface area contributed by atoms with Gasteiger partial charge < -0.3 is 4.98 Å². The lowest BCUT2D eigenvalue weighted by Gasteiger charge is -2.15. The van der Waals surface area contributed by atoms with Crippen molar-refractivity contribution in [3.05, 3.63) is 12.4 Å². The maximum Gasteiger partial charge on any atom is 0.276 e. The average molecular weight is 213 g/mol. The fraction of sp³-hybridized carbons (Fsp3) is 0.625. The number of sulfonamides is 1. The number of H-pyrrole nitrogens is 1. The van der Waals surface area contributed by atoms with E-state index in [-0.39, 0.29) is 5.16 Å². The minimum absolute atomic E-state index is 0.0683. The van der Waals surface area contributed by atoms with Crippen molar-refractivity contribution in [3.63, 3.8) is 0 Å². The summed E-state index contributed by atoms with van der Waals surface area (Å²) in [5.74, 6) is 1.22. The van der Waals surface area contributed by atoms with Crippen molar-refractivity contribution in [3.8, 4) is 0 Å². The summed E-state index contributed by atoms with van der Waals surface area (Å²) in [5.41, 5.74) is 0. The molecular weight excluding hydrogens is 202 g/mol.